The average Bonchev–Trinajstić information content (AvgIpc) is 2.86. The lowest BCUT2D eigenvalue weighted by Crippen LogP contribution is -2.06. The van der Waals surface area contributed by atoms with Crippen LogP contribution in [0.15, 0.2) is 60.7 Å². The summed E-state index contributed by atoms with van der Waals surface area (Å²) < 4.78 is 2.29. The molecule has 0 saturated heterocycles. The Morgan fingerprint density at radius 1 is 1.14 bits per heavy atom. The molecule has 1 aromatic heterocycles. The Morgan fingerprint density at radius 3 is 2.55 bits per heavy atom. The van der Waals surface area contributed by atoms with E-state index in [9.17, 15) is 0 Å². The Balaban J connectivity index is 2.20. The maximum Gasteiger partial charge on any atom is 0.141 e. The van der Waals surface area contributed by atoms with Crippen LogP contribution in [0.1, 0.15) is 19.4 Å². The van der Waals surface area contributed by atoms with Gasteiger partial charge in [0.05, 0.1) is 11.0 Å². The molecule has 0 aliphatic heterocycles. The zero-order valence-corrected chi connectivity index (χ0v) is 13.5. The van der Waals surface area contributed by atoms with E-state index in [0.29, 0.717) is 5.92 Å². The molecular weight excluding hydrogens is 268 g/mol. The van der Waals surface area contributed by atoms with Gasteiger partial charge in [-0.05, 0) is 30.5 Å². The van der Waals surface area contributed by atoms with E-state index in [-0.39, 0.29) is 0 Å². The maximum atomic E-state index is 4.86. The summed E-state index contributed by atoms with van der Waals surface area (Å²) in [5.74, 6) is 1.48. The van der Waals surface area contributed by atoms with E-state index in [1.54, 1.807) is 0 Å². The monoisotopic (exact) mass is 290 g/mol. The molecule has 0 radical (unpaired) electrons. The summed E-state index contributed by atoms with van der Waals surface area (Å²) in [6.45, 7) is 11.6. The molecule has 0 unspecified atom stereocenters. The van der Waals surface area contributed by atoms with E-state index in [1.807, 2.05) is 6.07 Å². The molecule has 0 spiro atoms. The predicted molar refractivity (Wildman–Crippen MR) is 93.9 cm³/mol. The van der Waals surface area contributed by atoms with Crippen molar-refractivity contribution in [3.63, 3.8) is 0 Å². The third kappa shape index (κ3) is 2.69. The van der Waals surface area contributed by atoms with Crippen LogP contribution in [-0.2, 0) is 6.54 Å². The molecule has 0 bridgehead atoms. The normalized spacial score (nSPS) is 11.3. The molecule has 3 rings (SSSR count). The molecule has 0 aliphatic rings. The average molecular weight is 290 g/mol. The van der Waals surface area contributed by atoms with Gasteiger partial charge in [-0.15, -0.1) is 0 Å². The summed E-state index contributed by atoms with van der Waals surface area (Å²) in [7, 11) is 0. The van der Waals surface area contributed by atoms with Crippen molar-refractivity contribution < 1.29 is 0 Å². The van der Waals surface area contributed by atoms with Crippen molar-refractivity contribution in [2.75, 3.05) is 0 Å². The van der Waals surface area contributed by atoms with Gasteiger partial charge >= 0.3 is 0 Å². The molecular formula is C20H22N2. The van der Waals surface area contributed by atoms with Crippen LogP contribution in [0.25, 0.3) is 22.4 Å². The van der Waals surface area contributed by atoms with Gasteiger partial charge in [0.1, 0.15) is 5.82 Å². The number of rotatable bonds is 4. The number of aromatic nitrogens is 2. The SMILES string of the molecule is C=C(Cn1c(-c2ccccc2)nc2ccc(C)cc21)C(C)C. The van der Waals surface area contributed by atoms with Gasteiger partial charge in [0, 0.05) is 12.1 Å². The van der Waals surface area contributed by atoms with E-state index < -0.39 is 0 Å². The van der Waals surface area contributed by atoms with Crippen molar-refractivity contribution in [3.8, 4) is 11.4 Å². The van der Waals surface area contributed by atoms with Crippen LogP contribution in [0.3, 0.4) is 0 Å². The van der Waals surface area contributed by atoms with E-state index in [4.69, 9.17) is 4.98 Å². The first-order chi connectivity index (χ1) is 10.6. The molecule has 22 heavy (non-hydrogen) atoms. The molecule has 2 nitrogen and oxygen atoms in total. The number of aryl methyl sites for hydroxylation is 1. The van der Waals surface area contributed by atoms with Crippen LogP contribution in [-0.4, -0.2) is 9.55 Å². The smallest absolute Gasteiger partial charge is 0.141 e. The maximum absolute atomic E-state index is 4.86. The third-order valence-electron chi connectivity index (χ3n) is 4.11. The Morgan fingerprint density at radius 2 is 1.86 bits per heavy atom. The molecule has 2 heteroatoms. The van der Waals surface area contributed by atoms with Crippen molar-refractivity contribution in [1.82, 2.24) is 9.55 Å². The minimum absolute atomic E-state index is 0.464. The summed E-state index contributed by atoms with van der Waals surface area (Å²) in [4.78, 5) is 4.86. The van der Waals surface area contributed by atoms with Gasteiger partial charge in [0.15, 0.2) is 0 Å². The van der Waals surface area contributed by atoms with Gasteiger partial charge in [-0.1, -0.05) is 62.4 Å². The lowest BCUT2D eigenvalue weighted by molar-refractivity contribution is 0.676. The Kier molecular flexibility index (Phi) is 3.84. The highest BCUT2D eigenvalue weighted by atomic mass is 15.1. The highest BCUT2D eigenvalue weighted by Gasteiger charge is 2.14. The molecule has 0 aliphatic carbocycles. The lowest BCUT2D eigenvalue weighted by atomic mass is 10.1. The fourth-order valence-electron chi connectivity index (χ4n) is 2.59. The Labute approximate surface area is 132 Å². The second-order valence-corrected chi connectivity index (χ2v) is 6.19. The van der Waals surface area contributed by atoms with Crippen molar-refractivity contribution in [2.45, 2.75) is 27.3 Å². The topological polar surface area (TPSA) is 17.8 Å². The fraction of sp³-hybridized carbons (Fsp3) is 0.250. The summed E-state index contributed by atoms with van der Waals surface area (Å²) in [6.07, 6.45) is 0. The standard InChI is InChI=1S/C20H22N2/c1-14(2)16(4)13-22-19-12-15(3)10-11-18(19)21-20(22)17-8-6-5-7-9-17/h5-12,14H,4,13H2,1-3H3. The summed E-state index contributed by atoms with van der Waals surface area (Å²) in [5.41, 5.74) is 5.84. The van der Waals surface area contributed by atoms with Gasteiger partial charge < -0.3 is 4.57 Å². The van der Waals surface area contributed by atoms with Gasteiger partial charge in [-0.2, -0.15) is 0 Å². The van der Waals surface area contributed by atoms with Gasteiger partial charge in [-0.3, -0.25) is 0 Å². The van der Waals surface area contributed by atoms with E-state index in [2.05, 4.69) is 74.4 Å². The number of imidazole rings is 1. The van der Waals surface area contributed by atoms with Crippen molar-refractivity contribution in [3.05, 3.63) is 66.2 Å². The first-order valence-electron chi connectivity index (χ1n) is 7.76. The van der Waals surface area contributed by atoms with Crippen LogP contribution in [0.5, 0.6) is 0 Å². The molecule has 0 fully saturated rings. The second-order valence-electron chi connectivity index (χ2n) is 6.19. The summed E-state index contributed by atoms with van der Waals surface area (Å²) in [5, 5.41) is 0. The molecule has 1 heterocycles. The fourth-order valence-corrected chi connectivity index (χ4v) is 2.59. The van der Waals surface area contributed by atoms with Gasteiger partial charge in [-0.25, -0.2) is 4.98 Å². The highest BCUT2D eigenvalue weighted by Crippen LogP contribution is 2.27. The van der Waals surface area contributed by atoms with Crippen LogP contribution in [0, 0.1) is 12.8 Å². The summed E-state index contributed by atoms with van der Waals surface area (Å²) >= 11 is 0. The first-order valence-corrected chi connectivity index (χ1v) is 7.76. The molecule has 0 atom stereocenters. The van der Waals surface area contributed by atoms with Crippen molar-refractivity contribution in [1.29, 1.82) is 0 Å². The number of allylic oxidation sites excluding steroid dienone is 1. The number of nitrogens with zero attached hydrogens (tertiary/aromatic N) is 2. The highest BCUT2D eigenvalue weighted by molar-refractivity contribution is 5.81. The number of hydrogen-bond acceptors (Lipinski definition) is 1. The zero-order valence-electron chi connectivity index (χ0n) is 13.5. The third-order valence-corrected chi connectivity index (χ3v) is 4.11. The van der Waals surface area contributed by atoms with Crippen molar-refractivity contribution in [2.24, 2.45) is 5.92 Å². The van der Waals surface area contributed by atoms with Crippen LogP contribution < -0.4 is 0 Å². The minimum Gasteiger partial charge on any atom is -0.320 e. The largest absolute Gasteiger partial charge is 0.320 e. The molecule has 0 amide bonds. The van der Waals surface area contributed by atoms with Crippen LogP contribution in [0.2, 0.25) is 0 Å². The Bertz CT molecular complexity index is 810. The molecule has 112 valence electrons. The number of fused-ring (bicyclic) bond motifs is 1. The molecule has 3 aromatic rings. The van der Waals surface area contributed by atoms with E-state index >= 15 is 0 Å². The first kappa shape index (κ1) is 14.6. The van der Waals surface area contributed by atoms with Crippen LogP contribution >= 0.6 is 0 Å². The van der Waals surface area contributed by atoms with Crippen LogP contribution in [0.4, 0.5) is 0 Å². The number of hydrogen-bond donors (Lipinski definition) is 0. The molecule has 0 N–H and O–H groups in total. The predicted octanol–water partition coefficient (Wildman–Crippen LogP) is 5.22. The summed E-state index contributed by atoms with van der Waals surface area (Å²) in [6, 6.07) is 16.8. The molecule has 2 aromatic carbocycles. The minimum atomic E-state index is 0.464. The van der Waals surface area contributed by atoms with E-state index in [1.165, 1.54) is 16.7 Å². The van der Waals surface area contributed by atoms with E-state index in [0.717, 1.165) is 23.4 Å². The lowest BCUT2D eigenvalue weighted by Gasteiger charge is -2.14. The second kappa shape index (κ2) is 5.80. The molecule has 0 saturated carbocycles. The van der Waals surface area contributed by atoms with Gasteiger partial charge in [0.2, 0.25) is 0 Å². The number of benzene rings is 2. The van der Waals surface area contributed by atoms with Crippen molar-refractivity contribution >= 4 is 11.0 Å². The van der Waals surface area contributed by atoms with Gasteiger partial charge in [0.25, 0.3) is 0 Å². The zero-order chi connectivity index (χ0) is 15.7. The Hall–Kier alpha value is -2.35. The quantitative estimate of drug-likeness (QED) is 0.602.